The van der Waals surface area contributed by atoms with Crippen molar-refractivity contribution in [1.29, 1.82) is 0 Å². The Morgan fingerprint density at radius 1 is 1.29 bits per heavy atom. The summed E-state index contributed by atoms with van der Waals surface area (Å²) in [7, 11) is 0. The van der Waals surface area contributed by atoms with Crippen molar-refractivity contribution in [3.8, 4) is 0 Å². The van der Waals surface area contributed by atoms with E-state index in [4.69, 9.17) is 11.6 Å². The summed E-state index contributed by atoms with van der Waals surface area (Å²) in [4.78, 5) is 13.6. The lowest BCUT2D eigenvalue weighted by Crippen LogP contribution is -2.35. The normalized spacial score (nSPS) is 32.0. The van der Waals surface area contributed by atoms with Crippen molar-refractivity contribution in [1.82, 2.24) is 4.90 Å². The summed E-state index contributed by atoms with van der Waals surface area (Å²) in [6.45, 7) is 0.538. The number of alkyl halides is 1. The van der Waals surface area contributed by atoms with Crippen LogP contribution in [0, 0.1) is 0 Å². The SMILES string of the molecule is O=C1CC(Cl)CN1[C@@H]1c2ccccc2C[C@@H]1O. The first kappa shape index (κ1) is 11.1. The number of carbonyl (C=O) groups is 1. The van der Waals surface area contributed by atoms with E-state index in [0.717, 1.165) is 11.1 Å². The molecule has 2 aliphatic rings. The van der Waals surface area contributed by atoms with Crippen molar-refractivity contribution in [2.75, 3.05) is 6.54 Å². The fraction of sp³-hybridized carbons (Fsp3) is 0.462. The van der Waals surface area contributed by atoms with Crippen molar-refractivity contribution in [2.45, 2.75) is 30.4 Å². The van der Waals surface area contributed by atoms with Crippen LogP contribution in [0.25, 0.3) is 0 Å². The Labute approximate surface area is 105 Å². The van der Waals surface area contributed by atoms with E-state index in [1.54, 1.807) is 4.90 Å². The first-order valence-corrected chi connectivity index (χ1v) is 6.30. The largest absolute Gasteiger partial charge is 0.390 e. The van der Waals surface area contributed by atoms with Gasteiger partial charge in [-0.15, -0.1) is 11.6 Å². The molecule has 1 amide bonds. The highest BCUT2D eigenvalue weighted by Crippen LogP contribution is 2.38. The lowest BCUT2D eigenvalue weighted by molar-refractivity contribution is -0.131. The number of aliphatic hydroxyl groups is 1. The van der Waals surface area contributed by atoms with Gasteiger partial charge < -0.3 is 10.0 Å². The second-order valence-electron chi connectivity index (χ2n) is 4.76. The molecule has 3 rings (SSSR count). The fourth-order valence-electron chi connectivity index (χ4n) is 2.88. The van der Waals surface area contributed by atoms with Gasteiger partial charge in [-0.25, -0.2) is 0 Å². The second kappa shape index (κ2) is 4.00. The molecule has 0 spiro atoms. The molecule has 1 aliphatic carbocycles. The minimum atomic E-state index is -0.502. The van der Waals surface area contributed by atoms with Crippen LogP contribution < -0.4 is 0 Å². The Morgan fingerprint density at radius 3 is 2.76 bits per heavy atom. The van der Waals surface area contributed by atoms with Crippen molar-refractivity contribution in [3.05, 3.63) is 35.4 Å². The molecule has 1 aromatic rings. The molecule has 4 heteroatoms. The van der Waals surface area contributed by atoms with Crippen molar-refractivity contribution < 1.29 is 9.90 Å². The topological polar surface area (TPSA) is 40.5 Å². The standard InChI is InChI=1S/C13H14ClNO2/c14-9-6-12(17)15(7-9)13-10-4-2-1-3-8(10)5-11(13)16/h1-4,9,11,13,16H,5-7H2/t9?,11-,13+/m0/s1. The first-order valence-electron chi connectivity index (χ1n) is 5.86. The number of hydrogen-bond acceptors (Lipinski definition) is 2. The molecule has 0 radical (unpaired) electrons. The average Bonchev–Trinajstić information content (AvgIpc) is 2.77. The minimum absolute atomic E-state index is 0.0470. The van der Waals surface area contributed by atoms with Crippen LogP contribution in [0.3, 0.4) is 0 Å². The molecule has 1 aromatic carbocycles. The van der Waals surface area contributed by atoms with Crippen molar-refractivity contribution >= 4 is 17.5 Å². The molecule has 3 nitrogen and oxygen atoms in total. The maximum absolute atomic E-state index is 11.9. The number of benzene rings is 1. The third-order valence-corrected chi connectivity index (χ3v) is 3.91. The first-order chi connectivity index (χ1) is 8.16. The molecule has 1 heterocycles. The van der Waals surface area contributed by atoms with Crippen molar-refractivity contribution in [3.63, 3.8) is 0 Å². The van der Waals surface area contributed by atoms with Gasteiger partial charge in [0.1, 0.15) is 0 Å². The summed E-state index contributed by atoms with van der Waals surface area (Å²) >= 11 is 6.01. The molecular weight excluding hydrogens is 238 g/mol. The van der Waals surface area contributed by atoms with Crippen LogP contribution in [0.2, 0.25) is 0 Å². The number of fused-ring (bicyclic) bond motifs is 1. The van der Waals surface area contributed by atoms with Crippen LogP contribution in [0.4, 0.5) is 0 Å². The molecule has 0 aromatic heterocycles. The molecule has 1 fully saturated rings. The predicted octanol–water partition coefficient (Wildman–Crippen LogP) is 1.48. The summed E-state index contributed by atoms with van der Waals surface area (Å²) in [5, 5.41) is 10.0. The molecule has 3 atom stereocenters. The fourth-order valence-corrected chi connectivity index (χ4v) is 3.16. The molecule has 0 bridgehead atoms. The number of likely N-dealkylation sites (tertiary alicyclic amines) is 1. The zero-order valence-electron chi connectivity index (χ0n) is 9.34. The maximum Gasteiger partial charge on any atom is 0.224 e. The maximum atomic E-state index is 11.9. The van der Waals surface area contributed by atoms with Crippen LogP contribution in [0.15, 0.2) is 24.3 Å². The summed E-state index contributed by atoms with van der Waals surface area (Å²) in [5.41, 5.74) is 2.20. The van der Waals surface area contributed by atoms with Crippen LogP contribution in [0.1, 0.15) is 23.6 Å². The second-order valence-corrected chi connectivity index (χ2v) is 5.38. The monoisotopic (exact) mass is 251 g/mol. The van der Waals surface area contributed by atoms with Gasteiger partial charge in [0.25, 0.3) is 0 Å². The molecule has 17 heavy (non-hydrogen) atoms. The minimum Gasteiger partial charge on any atom is -0.390 e. The summed E-state index contributed by atoms with van der Waals surface area (Å²) < 4.78 is 0. The van der Waals surface area contributed by atoms with E-state index in [2.05, 4.69) is 0 Å². The molecule has 1 N–H and O–H groups in total. The molecule has 0 saturated carbocycles. The van der Waals surface area contributed by atoms with E-state index in [-0.39, 0.29) is 17.3 Å². The van der Waals surface area contributed by atoms with E-state index in [9.17, 15) is 9.90 Å². The van der Waals surface area contributed by atoms with E-state index in [0.29, 0.717) is 19.4 Å². The highest BCUT2D eigenvalue weighted by molar-refractivity contribution is 6.22. The van der Waals surface area contributed by atoms with Gasteiger partial charge in [0.2, 0.25) is 5.91 Å². The van der Waals surface area contributed by atoms with Gasteiger partial charge in [0, 0.05) is 19.4 Å². The van der Waals surface area contributed by atoms with Gasteiger partial charge in [-0.3, -0.25) is 4.79 Å². The van der Waals surface area contributed by atoms with E-state index >= 15 is 0 Å². The third kappa shape index (κ3) is 1.74. The zero-order chi connectivity index (χ0) is 12.0. The summed E-state index contributed by atoms with van der Waals surface area (Å²) in [5.74, 6) is 0.0470. The Bertz CT molecular complexity index is 462. The van der Waals surface area contributed by atoms with Crippen LogP contribution in [0.5, 0.6) is 0 Å². The lowest BCUT2D eigenvalue weighted by atomic mass is 10.1. The molecular formula is C13H14ClNO2. The van der Waals surface area contributed by atoms with Gasteiger partial charge >= 0.3 is 0 Å². The molecule has 90 valence electrons. The molecule has 1 saturated heterocycles. The molecule has 1 aliphatic heterocycles. The number of amides is 1. The number of halogens is 1. The van der Waals surface area contributed by atoms with E-state index in [1.807, 2.05) is 24.3 Å². The smallest absolute Gasteiger partial charge is 0.224 e. The number of rotatable bonds is 1. The molecule has 1 unspecified atom stereocenters. The number of hydrogen-bond donors (Lipinski definition) is 1. The zero-order valence-corrected chi connectivity index (χ0v) is 10.1. The summed E-state index contributed by atoms with van der Waals surface area (Å²) in [6, 6.07) is 7.71. The summed E-state index contributed by atoms with van der Waals surface area (Å²) in [6.07, 6.45) is 0.503. The van der Waals surface area contributed by atoms with E-state index < -0.39 is 6.10 Å². The quantitative estimate of drug-likeness (QED) is 0.769. The Kier molecular flexibility index (Phi) is 2.60. The van der Waals surface area contributed by atoms with Crippen LogP contribution in [-0.2, 0) is 11.2 Å². The predicted molar refractivity (Wildman–Crippen MR) is 64.9 cm³/mol. The van der Waals surface area contributed by atoms with Gasteiger partial charge in [0.15, 0.2) is 0 Å². The van der Waals surface area contributed by atoms with Gasteiger partial charge in [-0.05, 0) is 11.1 Å². The lowest BCUT2D eigenvalue weighted by Gasteiger charge is -2.27. The number of nitrogens with zero attached hydrogens (tertiary/aromatic N) is 1. The van der Waals surface area contributed by atoms with Crippen molar-refractivity contribution in [2.24, 2.45) is 0 Å². The highest BCUT2D eigenvalue weighted by Gasteiger charge is 2.41. The Balaban J connectivity index is 1.96. The highest BCUT2D eigenvalue weighted by atomic mass is 35.5. The third-order valence-electron chi connectivity index (χ3n) is 3.61. The van der Waals surface area contributed by atoms with Gasteiger partial charge in [-0.2, -0.15) is 0 Å². The van der Waals surface area contributed by atoms with Gasteiger partial charge in [0.05, 0.1) is 17.5 Å². The Hall–Kier alpha value is -1.06. The Morgan fingerprint density at radius 2 is 2.06 bits per heavy atom. The van der Waals surface area contributed by atoms with E-state index in [1.165, 1.54) is 0 Å². The number of aliphatic hydroxyl groups excluding tert-OH is 1. The van der Waals surface area contributed by atoms with Gasteiger partial charge in [-0.1, -0.05) is 24.3 Å². The van der Waals surface area contributed by atoms with Crippen LogP contribution >= 0.6 is 11.6 Å². The number of carbonyl (C=O) groups excluding carboxylic acids is 1. The van der Waals surface area contributed by atoms with Crippen LogP contribution in [-0.4, -0.2) is 33.9 Å². The average molecular weight is 252 g/mol.